The molecule has 30 heavy (non-hydrogen) atoms. The highest BCUT2D eigenvalue weighted by molar-refractivity contribution is 7.92. The maximum Gasteiger partial charge on any atom is 0.280 e. The van der Waals surface area contributed by atoms with Crippen molar-refractivity contribution >= 4 is 43.8 Å². The van der Waals surface area contributed by atoms with Gasteiger partial charge in [0.1, 0.15) is 0 Å². The summed E-state index contributed by atoms with van der Waals surface area (Å²) in [6.07, 6.45) is 2.23. The predicted octanol–water partition coefficient (Wildman–Crippen LogP) is 1.67. The fourth-order valence-electron chi connectivity index (χ4n) is 2.35. The zero-order valence-corrected chi connectivity index (χ0v) is 17.8. The molecule has 1 aliphatic rings. The van der Waals surface area contributed by atoms with Crippen LogP contribution in [0, 0.1) is 5.13 Å². The maximum atomic E-state index is 13.1. The minimum Gasteiger partial charge on any atom is -0.385 e. The number of halogens is 1. The molecule has 160 valence electrons. The Morgan fingerprint density at radius 1 is 1.30 bits per heavy atom. The maximum absolute atomic E-state index is 13.1. The highest BCUT2D eigenvalue weighted by atomic mass is 32.2. The Balaban J connectivity index is 1.84. The molecule has 0 unspecified atom stereocenters. The highest BCUT2D eigenvalue weighted by Crippen LogP contribution is 2.33. The van der Waals surface area contributed by atoms with Crippen LogP contribution in [0.5, 0.6) is 0 Å². The van der Waals surface area contributed by atoms with Crippen molar-refractivity contribution in [3.8, 4) is 0 Å². The summed E-state index contributed by atoms with van der Waals surface area (Å²) in [5.41, 5.74) is 0.0455. The largest absolute Gasteiger partial charge is 0.385 e. The van der Waals surface area contributed by atoms with E-state index in [0.29, 0.717) is 24.2 Å². The Kier molecular flexibility index (Phi) is 6.46. The second-order valence-corrected chi connectivity index (χ2v) is 9.90. The van der Waals surface area contributed by atoms with Gasteiger partial charge in [-0.1, -0.05) is 28.6 Å². The number of amides is 2. The summed E-state index contributed by atoms with van der Waals surface area (Å²) in [5, 5.41) is 5.23. The number of rotatable bonds is 8. The molecule has 0 aliphatic heterocycles. The van der Waals surface area contributed by atoms with E-state index in [9.17, 15) is 22.4 Å². The van der Waals surface area contributed by atoms with Crippen molar-refractivity contribution in [2.24, 2.45) is 5.16 Å². The van der Waals surface area contributed by atoms with Crippen molar-refractivity contribution in [1.82, 2.24) is 9.88 Å². The van der Waals surface area contributed by atoms with E-state index in [4.69, 9.17) is 4.84 Å². The van der Waals surface area contributed by atoms with Crippen molar-refractivity contribution in [2.45, 2.75) is 23.0 Å². The van der Waals surface area contributed by atoms with E-state index in [0.717, 1.165) is 6.20 Å². The number of carbonyl (C=O) groups excluding carboxylic acids is 2. The third-order valence-electron chi connectivity index (χ3n) is 4.18. The lowest BCUT2D eigenvalue weighted by Gasteiger charge is -2.10. The van der Waals surface area contributed by atoms with Crippen molar-refractivity contribution < 1.29 is 27.2 Å². The first-order valence-electron chi connectivity index (χ1n) is 8.85. The molecule has 1 aromatic heterocycles. The number of carbonyl (C=O) groups is 2. The van der Waals surface area contributed by atoms with Crippen LogP contribution in [0.15, 0.2) is 40.5 Å². The predicted molar refractivity (Wildman–Crippen MR) is 109 cm³/mol. The molecule has 0 saturated heterocycles. The first-order valence-corrected chi connectivity index (χ1v) is 11.2. The SMILES string of the molecule is CN(C)C(=O)CON=C(C(=O)Nc1ncc(F)s1)c1ccc(S(=O)(=O)C2CC2)cc1. The van der Waals surface area contributed by atoms with E-state index in [1.54, 1.807) is 14.1 Å². The topological polar surface area (TPSA) is 118 Å². The van der Waals surface area contributed by atoms with Crippen LogP contribution in [-0.2, 0) is 24.3 Å². The molecule has 3 rings (SSSR count). The molecule has 0 atom stereocenters. The molecule has 0 spiro atoms. The minimum absolute atomic E-state index is 0.0162. The van der Waals surface area contributed by atoms with Gasteiger partial charge < -0.3 is 9.74 Å². The van der Waals surface area contributed by atoms with Gasteiger partial charge in [-0.3, -0.25) is 14.9 Å². The van der Waals surface area contributed by atoms with Gasteiger partial charge in [-0.25, -0.2) is 13.4 Å². The van der Waals surface area contributed by atoms with Crippen molar-refractivity contribution in [3.63, 3.8) is 0 Å². The fourth-order valence-corrected chi connectivity index (χ4v) is 4.54. The number of thiazole rings is 1. The molecule has 12 heteroatoms. The molecule has 0 bridgehead atoms. The number of nitrogens with zero attached hydrogens (tertiary/aromatic N) is 3. The number of nitrogens with one attached hydrogen (secondary N) is 1. The van der Waals surface area contributed by atoms with E-state index < -0.39 is 27.5 Å². The van der Waals surface area contributed by atoms with Crippen molar-refractivity contribution in [1.29, 1.82) is 0 Å². The number of aromatic nitrogens is 1. The van der Waals surface area contributed by atoms with Crippen LogP contribution in [0.1, 0.15) is 18.4 Å². The average molecular weight is 455 g/mol. The first kappa shape index (κ1) is 21.8. The van der Waals surface area contributed by atoms with E-state index in [-0.39, 0.29) is 32.5 Å². The van der Waals surface area contributed by atoms with Gasteiger partial charge in [0.15, 0.2) is 32.4 Å². The molecule has 1 saturated carbocycles. The first-order chi connectivity index (χ1) is 14.2. The highest BCUT2D eigenvalue weighted by Gasteiger charge is 2.36. The van der Waals surface area contributed by atoms with Crippen LogP contribution in [0.25, 0.3) is 0 Å². The molecule has 9 nitrogen and oxygen atoms in total. The van der Waals surface area contributed by atoms with Crippen LogP contribution >= 0.6 is 11.3 Å². The van der Waals surface area contributed by atoms with Crippen LogP contribution in [0.4, 0.5) is 9.52 Å². The number of anilines is 1. The van der Waals surface area contributed by atoms with Crippen molar-refractivity contribution in [2.75, 3.05) is 26.0 Å². The third kappa shape index (κ3) is 5.19. The number of oxime groups is 1. The Morgan fingerprint density at radius 3 is 2.50 bits per heavy atom. The molecule has 2 aromatic rings. The number of likely N-dealkylation sites (N-methyl/N-ethyl adjacent to an activating group) is 1. The Bertz CT molecular complexity index is 1080. The van der Waals surface area contributed by atoms with E-state index in [2.05, 4.69) is 15.5 Å². The Labute approximate surface area is 176 Å². The molecule has 0 radical (unpaired) electrons. The Hall–Kier alpha value is -2.86. The molecule has 1 heterocycles. The van der Waals surface area contributed by atoms with Gasteiger partial charge in [-0.05, 0) is 25.0 Å². The van der Waals surface area contributed by atoms with Crippen LogP contribution < -0.4 is 5.32 Å². The van der Waals surface area contributed by atoms with Gasteiger partial charge in [-0.15, -0.1) is 0 Å². The van der Waals surface area contributed by atoms with Gasteiger partial charge in [0.05, 0.1) is 16.3 Å². The second-order valence-electron chi connectivity index (χ2n) is 6.69. The lowest BCUT2D eigenvalue weighted by molar-refractivity contribution is -0.133. The van der Waals surface area contributed by atoms with Crippen LogP contribution in [0.2, 0.25) is 0 Å². The van der Waals surface area contributed by atoms with Crippen LogP contribution in [0.3, 0.4) is 0 Å². The summed E-state index contributed by atoms with van der Waals surface area (Å²) in [6.45, 7) is -0.399. The second kappa shape index (κ2) is 8.88. The monoisotopic (exact) mass is 454 g/mol. The fraction of sp³-hybridized carbons (Fsp3) is 0.333. The number of hydrogen-bond donors (Lipinski definition) is 1. The minimum atomic E-state index is -3.38. The van der Waals surface area contributed by atoms with E-state index >= 15 is 0 Å². The van der Waals surface area contributed by atoms with Crippen molar-refractivity contribution in [3.05, 3.63) is 41.2 Å². The van der Waals surface area contributed by atoms with Gasteiger partial charge in [0.25, 0.3) is 11.8 Å². The summed E-state index contributed by atoms with van der Waals surface area (Å²) < 4.78 is 37.8. The van der Waals surface area contributed by atoms with Gasteiger partial charge in [-0.2, -0.15) is 4.39 Å². The normalized spacial score (nSPS) is 14.3. The molecule has 1 N–H and O–H groups in total. The Morgan fingerprint density at radius 2 is 1.97 bits per heavy atom. The molecular formula is C18H19FN4O5S2. The summed E-state index contributed by atoms with van der Waals surface area (Å²) in [4.78, 5) is 34.5. The molecule has 1 aromatic carbocycles. The summed E-state index contributed by atoms with van der Waals surface area (Å²) in [7, 11) is -0.302. The van der Waals surface area contributed by atoms with Gasteiger partial charge in [0, 0.05) is 19.7 Å². The zero-order chi connectivity index (χ0) is 21.9. The summed E-state index contributed by atoms with van der Waals surface area (Å²) in [5.74, 6) is -1.12. The number of hydrogen-bond acceptors (Lipinski definition) is 8. The molecule has 2 amide bonds. The molecule has 1 fully saturated rings. The molecular weight excluding hydrogens is 435 g/mol. The van der Waals surface area contributed by atoms with Gasteiger partial charge >= 0.3 is 0 Å². The van der Waals surface area contributed by atoms with Gasteiger partial charge in [0.2, 0.25) is 0 Å². The van der Waals surface area contributed by atoms with E-state index in [1.807, 2.05) is 0 Å². The summed E-state index contributed by atoms with van der Waals surface area (Å²) >= 11 is 0.632. The third-order valence-corrected chi connectivity index (χ3v) is 7.15. The molecule has 1 aliphatic carbocycles. The lowest BCUT2D eigenvalue weighted by atomic mass is 10.1. The lowest BCUT2D eigenvalue weighted by Crippen LogP contribution is -2.27. The number of sulfone groups is 1. The standard InChI is InChI=1S/C18H19FN4O5S2/c1-23(2)15(24)10-28-22-16(17(25)21-18-20-9-14(19)29-18)11-3-5-12(6-4-11)30(26,27)13-7-8-13/h3-6,9,13H,7-8,10H2,1-2H3,(H,20,21,25). The summed E-state index contributed by atoms with van der Waals surface area (Å²) in [6, 6.07) is 5.63. The quantitative estimate of drug-likeness (QED) is 0.479. The average Bonchev–Trinajstić information content (AvgIpc) is 3.49. The zero-order valence-electron chi connectivity index (χ0n) is 16.2. The van der Waals surface area contributed by atoms with E-state index in [1.165, 1.54) is 29.2 Å². The van der Waals surface area contributed by atoms with Crippen LogP contribution in [-0.4, -0.2) is 61.8 Å². The number of benzene rings is 1. The smallest absolute Gasteiger partial charge is 0.280 e.